The zero-order chi connectivity index (χ0) is 12.4. The summed E-state index contributed by atoms with van der Waals surface area (Å²) in [5, 5.41) is 17.1. The topological polar surface area (TPSA) is 50.9 Å². The van der Waals surface area contributed by atoms with E-state index in [2.05, 4.69) is 10.3 Å². The second-order valence-electron chi connectivity index (χ2n) is 4.09. The Labute approximate surface area is 98.7 Å². The minimum atomic E-state index is -0.627. The smallest absolute Gasteiger partial charge is 0.123 e. The zero-order valence-electron chi connectivity index (χ0n) is 9.76. The summed E-state index contributed by atoms with van der Waals surface area (Å²) in [6.45, 7) is 4.01. The van der Waals surface area contributed by atoms with Crippen molar-refractivity contribution in [1.82, 2.24) is 15.0 Å². The van der Waals surface area contributed by atoms with Gasteiger partial charge in [-0.1, -0.05) is 11.3 Å². The zero-order valence-corrected chi connectivity index (χ0v) is 9.76. The summed E-state index contributed by atoms with van der Waals surface area (Å²) in [5.74, 6) is -0.241. The highest BCUT2D eigenvalue weighted by molar-refractivity contribution is 5.26. The molecule has 0 aliphatic heterocycles. The molecule has 0 saturated heterocycles. The molecular formula is C12H14FN3O. The third-order valence-corrected chi connectivity index (χ3v) is 2.62. The van der Waals surface area contributed by atoms with Crippen LogP contribution in [0.15, 0.2) is 24.4 Å². The lowest BCUT2D eigenvalue weighted by molar-refractivity contribution is 0.194. The summed E-state index contributed by atoms with van der Waals surface area (Å²) in [4.78, 5) is 0. The molecule has 1 N–H and O–H groups in total. The molecule has 1 atom stereocenters. The van der Waals surface area contributed by atoms with E-state index in [4.69, 9.17) is 0 Å². The Morgan fingerprint density at radius 2 is 2.24 bits per heavy atom. The molecule has 5 heteroatoms. The first-order chi connectivity index (χ1) is 8.06. The second-order valence-corrected chi connectivity index (χ2v) is 4.09. The van der Waals surface area contributed by atoms with Gasteiger partial charge in [0.25, 0.3) is 0 Å². The third kappa shape index (κ3) is 2.68. The fourth-order valence-electron chi connectivity index (χ4n) is 1.59. The number of aromatic nitrogens is 3. The molecule has 1 heterocycles. The van der Waals surface area contributed by atoms with Gasteiger partial charge in [0.15, 0.2) is 0 Å². The van der Waals surface area contributed by atoms with Crippen molar-refractivity contribution in [3.05, 3.63) is 47.0 Å². The minimum absolute atomic E-state index is 0.241. The molecule has 0 aliphatic rings. The predicted octanol–water partition coefficient (Wildman–Crippen LogP) is 1.83. The third-order valence-electron chi connectivity index (χ3n) is 2.62. The number of aliphatic hydroxyl groups excluding tert-OH is 1. The van der Waals surface area contributed by atoms with E-state index in [1.54, 1.807) is 23.9 Å². The Hall–Kier alpha value is -1.75. The molecule has 4 nitrogen and oxygen atoms in total. The summed E-state index contributed by atoms with van der Waals surface area (Å²) >= 11 is 0. The molecule has 1 aromatic heterocycles. The first-order valence-corrected chi connectivity index (χ1v) is 5.39. The van der Waals surface area contributed by atoms with E-state index in [0.717, 1.165) is 11.1 Å². The van der Waals surface area contributed by atoms with Gasteiger partial charge in [0.2, 0.25) is 0 Å². The van der Waals surface area contributed by atoms with Crippen LogP contribution in [0.3, 0.4) is 0 Å². The molecule has 0 bridgehead atoms. The summed E-state index contributed by atoms with van der Waals surface area (Å²) < 4.78 is 14.6. The molecule has 1 aromatic carbocycles. The summed E-state index contributed by atoms with van der Waals surface area (Å²) in [7, 11) is 0. The van der Waals surface area contributed by atoms with E-state index >= 15 is 0 Å². The average molecular weight is 235 g/mol. The van der Waals surface area contributed by atoms with Crippen LogP contribution in [-0.2, 0) is 6.54 Å². The summed E-state index contributed by atoms with van der Waals surface area (Å²) in [5.41, 5.74) is 2.39. The van der Waals surface area contributed by atoms with Crippen LogP contribution in [0, 0.1) is 12.7 Å². The lowest BCUT2D eigenvalue weighted by Gasteiger charge is -2.05. The van der Waals surface area contributed by atoms with Crippen LogP contribution in [0.2, 0.25) is 0 Å². The van der Waals surface area contributed by atoms with Crippen LogP contribution in [0.4, 0.5) is 4.39 Å². The molecule has 0 amide bonds. The maximum atomic E-state index is 12.9. The number of rotatable bonds is 3. The Bertz CT molecular complexity index is 522. The lowest BCUT2D eigenvalue weighted by atomic mass is 10.1. The van der Waals surface area contributed by atoms with Gasteiger partial charge >= 0.3 is 0 Å². The quantitative estimate of drug-likeness (QED) is 0.883. The monoisotopic (exact) mass is 235 g/mol. The summed E-state index contributed by atoms with van der Waals surface area (Å²) in [6, 6.07) is 4.64. The van der Waals surface area contributed by atoms with Gasteiger partial charge in [-0.05, 0) is 37.1 Å². The van der Waals surface area contributed by atoms with Crippen molar-refractivity contribution in [2.24, 2.45) is 0 Å². The van der Waals surface area contributed by atoms with Crippen LogP contribution in [0.1, 0.15) is 29.8 Å². The van der Waals surface area contributed by atoms with Crippen LogP contribution in [0.5, 0.6) is 0 Å². The van der Waals surface area contributed by atoms with Crippen LogP contribution >= 0.6 is 0 Å². The average Bonchev–Trinajstić information content (AvgIpc) is 2.71. The van der Waals surface area contributed by atoms with Crippen molar-refractivity contribution in [3.8, 4) is 0 Å². The maximum Gasteiger partial charge on any atom is 0.123 e. The van der Waals surface area contributed by atoms with E-state index in [0.29, 0.717) is 12.2 Å². The number of hydrogen-bond acceptors (Lipinski definition) is 3. The van der Waals surface area contributed by atoms with Crippen LogP contribution in [0.25, 0.3) is 0 Å². The van der Waals surface area contributed by atoms with Gasteiger partial charge in [0.05, 0.1) is 18.8 Å². The van der Waals surface area contributed by atoms with Gasteiger partial charge in [0, 0.05) is 0 Å². The molecule has 2 rings (SSSR count). The van der Waals surface area contributed by atoms with E-state index < -0.39 is 6.10 Å². The molecule has 2 aromatic rings. The molecule has 0 radical (unpaired) electrons. The highest BCUT2D eigenvalue weighted by Gasteiger charge is 2.07. The molecule has 0 fully saturated rings. The number of halogens is 1. The Balaban J connectivity index is 2.19. The molecule has 0 aliphatic carbocycles. The van der Waals surface area contributed by atoms with Gasteiger partial charge in [0.1, 0.15) is 11.5 Å². The predicted molar refractivity (Wildman–Crippen MR) is 60.9 cm³/mol. The number of aliphatic hydroxyl groups is 1. The molecule has 90 valence electrons. The lowest BCUT2D eigenvalue weighted by Crippen LogP contribution is -2.02. The second kappa shape index (κ2) is 4.63. The standard InChI is InChI=1S/C12H14FN3O/c1-8-5-11(13)4-3-10(8)6-16-7-12(9(2)17)14-15-16/h3-5,7,9,17H,6H2,1-2H3. The number of nitrogens with zero attached hydrogens (tertiary/aromatic N) is 3. The normalized spacial score (nSPS) is 12.7. The number of hydrogen-bond donors (Lipinski definition) is 1. The molecule has 0 spiro atoms. The summed E-state index contributed by atoms with van der Waals surface area (Å²) in [6.07, 6.45) is 1.06. The van der Waals surface area contributed by atoms with E-state index in [1.807, 2.05) is 6.92 Å². The SMILES string of the molecule is Cc1cc(F)ccc1Cn1cc(C(C)O)nn1. The van der Waals surface area contributed by atoms with E-state index in [-0.39, 0.29) is 5.82 Å². The minimum Gasteiger partial charge on any atom is -0.387 e. The Kier molecular flexibility index (Phi) is 3.19. The van der Waals surface area contributed by atoms with Crippen LogP contribution in [-0.4, -0.2) is 20.1 Å². The van der Waals surface area contributed by atoms with Gasteiger partial charge in [-0.2, -0.15) is 0 Å². The van der Waals surface area contributed by atoms with Gasteiger partial charge in [-0.25, -0.2) is 9.07 Å². The van der Waals surface area contributed by atoms with Gasteiger partial charge in [-0.3, -0.25) is 0 Å². The van der Waals surface area contributed by atoms with Crippen molar-refractivity contribution in [2.45, 2.75) is 26.5 Å². The molecular weight excluding hydrogens is 221 g/mol. The number of benzene rings is 1. The van der Waals surface area contributed by atoms with Crippen molar-refractivity contribution in [1.29, 1.82) is 0 Å². The van der Waals surface area contributed by atoms with Crippen molar-refractivity contribution >= 4 is 0 Å². The molecule has 0 saturated carbocycles. The Morgan fingerprint density at radius 3 is 2.82 bits per heavy atom. The fourth-order valence-corrected chi connectivity index (χ4v) is 1.59. The van der Waals surface area contributed by atoms with Crippen LogP contribution < -0.4 is 0 Å². The maximum absolute atomic E-state index is 12.9. The first-order valence-electron chi connectivity index (χ1n) is 5.39. The van der Waals surface area contributed by atoms with Gasteiger partial charge < -0.3 is 5.11 Å². The molecule has 1 unspecified atom stereocenters. The first kappa shape index (κ1) is 11.7. The molecule has 17 heavy (non-hydrogen) atoms. The highest BCUT2D eigenvalue weighted by Crippen LogP contribution is 2.12. The Morgan fingerprint density at radius 1 is 1.47 bits per heavy atom. The van der Waals surface area contributed by atoms with Crippen molar-refractivity contribution in [3.63, 3.8) is 0 Å². The fraction of sp³-hybridized carbons (Fsp3) is 0.333. The highest BCUT2D eigenvalue weighted by atomic mass is 19.1. The van der Waals surface area contributed by atoms with Crippen molar-refractivity contribution in [2.75, 3.05) is 0 Å². The number of aryl methyl sites for hydroxylation is 1. The van der Waals surface area contributed by atoms with Crippen molar-refractivity contribution < 1.29 is 9.50 Å². The van der Waals surface area contributed by atoms with E-state index in [1.165, 1.54) is 12.1 Å². The van der Waals surface area contributed by atoms with Gasteiger partial charge in [-0.15, -0.1) is 5.10 Å². The van der Waals surface area contributed by atoms with E-state index in [9.17, 15) is 9.50 Å². The largest absolute Gasteiger partial charge is 0.387 e.